The van der Waals surface area contributed by atoms with Crippen molar-refractivity contribution in [1.82, 2.24) is 0 Å². The van der Waals surface area contributed by atoms with Gasteiger partial charge < -0.3 is 14.2 Å². The zero-order chi connectivity index (χ0) is 20.5. The van der Waals surface area contributed by atoms with E-state index in [9.17, 15) is 9.59 Å². The maximum atomic E-state index is 12.1. The molecule has 28 heavy (non-hydrogen) atoms. The first-order valence-electron chi connectivity index (χ1n) is 8.67. The molecule has 0 saturated carbocycles. The van der Waals surface area contributed by atoms with Gasteiger partial charge in [-0.3, -0.25) is 0 Å². The Morgan fingerprint density at radius 3 is 2.57 bits per heavy atom. The van der Waals surface area contributed by atoms with Crippen LogP contribution in [0.15, 0.2) is 54.1 Å². The number of methoxy groups -OCH3 is 1. The molecular weight excluding hydrogens is 358 g/mol. The van der Waals surface area contributed by atoms with E-state index in [0.29, 0.717) is 11.3 Å². The SMILES string of the molecule is COC(=O)/C(C#N)=C/c1cccc(OC(=O)COc2ccccc2C(C)C)c1. The van der Waals surface area contributed by atoms with Crippen LogP contribution in [-0.2, 0) is 14.3 Å². The molecule has 0 aromatic heterocycles. The molecule has 0 spiro atoms. The molecule has 0 atom stereocenters. The number of nitrogens with zero attached hydrogens (tertiary/aromatic N) is 1. The molecule has 6 heteroatoms. The molecule has 0 heterocycles. The highest BCUT2D eigenvalue weighted by Crippen LogP contribution is 2.26. The summed E-state index contributed by atoms with van der Waals surface area (Å²) in [6.45, 7) is 3.85. The number of carbonyl (C=O) groups is 2. The number of para-hydroxylation sites is 1. The highest BCUT2D eigenvalue weighted by molar-refractivity contribution is 5.97. The van der Waals surface area contributed by atoms with E-state index in [-0.39, 0.29) is 23.8 Å². The molecule has 0 amide bonds. The van der Waals surface area contributed by atoms with Crippen molar-refractivity contribution in [2.24, 2.45) is 0 Å². The number of rotatable bonds is 7. The molecule has 0 saturated heterocycles. The van der Waals surface area contributed by atoms with Crippen LogP contribution in [0, 0.1) is 11.3 Å². The van der Waals surface area contributed by atoms with Crippen LogP contribution in [0.25, 0.3) is 6.08 Å². The second-order valence-corrected chi connectivity index (χ2v) is 6.19. The summed E-state index contributed by atoms with van der Waals surface area (Å²) in [4.78, 5) is 23.6. The largest absolute Gasteiger partial charge is 0.482 e. The molecule has 0 radical (unpaired) electrons. The Bertz CT molecular complexity index is 925. The number of nitriles is 1. The summed E-state index contributed by atoms with van der Waals surface area (Å²) in [6, 6.07) is 15.8. The molecule has 2 aromatic rings. The summed E-state index contributed by atoms with van der Waals surface area (Å²) in [7, 11) is 1.20. The monoisotopic (exact) mass is 379 g/mol. The lowest BCUT2D eigenvalue weighted by molar-refractivity contribution is -0.137. The smallest absolute Gasteiger partial charge is 0.349 e. The lowest BCUT2D eigenvalue weighted by Crippen LogP contribution is -2.18. The van der Waals surface area contributed by atoms with Crippen molar-refractivity contribution in [3.8, 4) is 17.6 Å². The van der Waals surface area contributed by atoms with E-state index in [0.717, 1.165) is 5.56 Å². The van der Waals surface area contributed by atoms with Gasteiger partial charge in [-0.1, -0.05) is 44.2 Å². The van der Waals surface area contributed by atoms with Crippen molar-refractivity contribution >= 4 is 18.0 Å². The Kier molecular flexibility index (Phi) is 7.35. The third-order valence-electron chi connectivity index (χ3n) is 3.81. The summed E-state index contributed by atoms with van der Waals surface area (Å²) >= 11 is 0. The zero-order valence-corrected chi connectivity index (χ0v) is 16.0. The van der Waals surface area contributed by atoms with Crippen LogP contribution in [-0.4, -0.2) is 25.7 Å². The Balaban J connectivity index is 2.05. The van der Waals surface area contributed by atoms with Gasteiger partial charge in [0.15, 0.2) is 6.61 Å². The quantitative estimate of drug-likeness (QED) is 0.314. The third kappa shape index (κ3) is 5.71. The Hall–Kier alpha value is -3.59. The average Bonchev–Trinajstić information content (AvgIpc) is 2.70. The second-order valence-electron chi connectivity index (χ2n) is 6.19. The first-order valence-corrected chi connectivity index (χ1v) is 8.67. The molecule has 2 rings (SSSR count). The van der Waals surface area contributed by atoms with Crippen LogP contribution in [0.1, 0.15) is 30.9 Å². The van der Waals surface area contributed by atoms with Crippen molar-refractivity contribution in [2.75, 3.05) is 13.7 Å². The van der Waals surface area contributed by atoms with E-state index in [1.54, 1.807) is 30.3 Å². The minimum absolute atomic E-state index is 0.153. The molecule has 0 N–H and O–H groups in total. The van der Waals surface area contributed by atoms with Gasteiger partial charge in [-0.15, -0.1) is 0 Å². The van der Waals surface area contributed by atoms with E-state index in [4.69, 9.17) is 14.7 Å². The Morgan fingerprint density at radius 1 is 1.14 bits per heavy atom. The van der Waals surface area contributed by atoms with Crippen molar-refractivity contribution in [1.29, 1.82) is 5.26 Å². The lowest BCUT2D eigenvalue weighted by Gasteiger charge is -2.13. The van der Waals surface area contributed by atoms with E-state index in [1.807, 2.05) is 38.1 Å². The van der Waals surface area contributed by atoms with Gasteiger partial charge >= 0.3 is 11.9 Å². The first kappa shape index (κ1) is 20.7. The summed E-state index contributed by atoms with van der Waals surface area (Å²) in [5.41, 5.74) is 1.38. The van der Waals surface area contributed by atoms with E-state index in [2.05, 4.69) is 4.74 Å². The molecule has 0 bridgehead atoms. The minimum Gasteiger partial charge on any atom is -0.482 e. The van der Waals surface area contributed by atoms with Crippen LogP contribution in [0.2, 0.25) is 0 Å². The first-order chi connectivity index (χ1) is 13.4. The predicted molar refractivity (Wildman–Crippen MR) is 104 cm³/mol. The Labute approximate surface area is 164 Å². The maximum Gasteiger partial charge on any atom is 0.349 e. The lowest BCUT2D eigenvalue weighted by atomic mass is 10.0. The number of ether oxygens (including phenoxy) is 3. The fourth-order valence-corrected chi connectivity index (χ4v) is 2.47. The Morgan fingerprint density at radius 2 is 1.89 bits per heavy atom. The number of esters is 2. The molecule has 0 unspecified atom stereocenters. The van der Waals surface area contributed by atoms with Gasteiger partial charge in [0.05, 0.1) is 7.11 Å². The van der Waals surface area contributed by atoms with Gasteiger partial charge in [0.2, 0.25) is 0 Å². The van der Waals surface area contributed by atoms with Crippen molar-refractivity contribution < 1.29 is 23.8 Å². The van der Waals surface area contributed by atoms with E-state index < -0.39 is 11.9 Å². The molecule has 144 valence electrons. The van der Waals surface area contributed by atoms with E-state index in [1.165, 1.54) is 13.2 Å². The fourth-order valence-electron chi connectivity index (χ4n) is 2.47. The molecular formula is C22H21NO5. The summed E-state index contributed by atoms with van der Waals surface area (Å²) < 4.78 is 15.4. The molecule has 0 aliphatic heterocycles. The zero-order valence-electron chi connectivity index (χ0n) is 16.0. The summed E-state index contributed by atoms with van der Waals surface area (Å²) in [6.07, 6.45) is 1.36. The maximum absolute atomic E-state index is 12.1. The summed E-state index contributed by atoms with van der Waals surface area (Å²) in [5.74, 6) is -0.111. The average molecular weight is 379 g/mol. The minimum atomic E-state index is -0.734. The highest BCUT2D eigenvalue weighted by Gasteiger charge is 2.12. The van der Waals surface area contributed by atoms with Gasteiger partial charge in [0, 0.05) is 0 Å². The van der Waals surface area contributed by atoms with Crippen LogP contribution in [0.5, 0.6) is 11.5 Å². The van der Waals surface area contributed by atoms with Crippen molar-refractivity contribution in [3.63, 3.8) is 0 Å². The molecule has 0 aliphatic carbocycles. The number of hydrogen-bond donors (Lipinski definition) is 0. The highest BCUT2D eigenvalue weighted by atomic mass is 16.6. The van der Waals surface area contributed by atoms with Gasteiger partial charge in [-0.25, -0.2) is 9.59 Å². The van der Waals surface area contributed by atoms with Gasteiger partial charge in [0.1, 0.15) is 23.1 Å². The van der Waals surface area contributed by atoms with Crippen LogP contribution >= 0.6 is 0 Å². The predicted octanol–water partition coefficient (Wildman–Crippen LogP) is 3.87. The number of carbonyl (C=O) groups excluding carboxylic acids is 2. The molecule has 2 aromatic carbocycles. The third-order valence-corrected chi connectivity index (χ3v) is 3.81. The fraction of sp³-hybridized carbons (Fsp3) is 0.227. The van der Waals surface area contributed by atoms with Gasteiger partial charge in [-0.05, 0) is 41.3 Å². The van der Waals surface area contributed by atoms with Crippen LogP contribution < -0.4 is 9.47 Å². The van der Waals surface area contributed by atoms with Gasteiger partial charge in [0.25, 0.3) is 0 Å². The molecule has 6 nitrogen and oxygen atoms in total. The van der Waals surface area contributed by atoms with Crippen LogP contribution in [0.3, 0.4) is 0 Å². The number of hydrogen-bond acceptors (Lipinski definition) is 6. The topological polar surface area (TPSA) is 85.6 Å². The van der Waals surface area contributed by atoms with Crippen molar-refractivity contribution in [3.05, 3.63) is 65.2 Å². The summed E-state index contributed by atoms with van der Waals surface area (Å²) in [5, 5.41) is 9.02. The van der Waals surface area contributed by atoms with Gasteiger partial charge in [-0.2, -0.15) is 5.26 Å². The van der Waals surface area contributed by atoms with Crippen molar-refractivity contribution in [2.45, 2.75) is 19.8 Å². The molecule has 0 aliphatic rings. The normalized spacial score (nSPS) is 10.9. The van der Waals surface area contributed by atoms with Crippen LogP contribution in [0.4, 0.5) is 0 Å². The number of benzene rings is 2. The molecule has 0 fully saturated rings. The second kappa shape index (κ2) is 9.93. The standard InChI is InChI=1S/C22H21NO5/c1-15(2)19-9-4-5-10-20(19)27-14-21(24)28-18-8-6-7-16(12-18)11-17(13-23)22(25)26-3/h4-12,15H,14H2,1-3H3/b17-11+. The van der Waals surface area contributed by atoms with E-state index >= 15 is 0 Å².